The van der Waals surface area contributed by atoms with Crippen LogP contribution in [0.15, 0.2) is 0 Å². The fourth-order valence-electron chi connectivity index (χ4n) is 6.74. The van der Waals surface area contributed by atoms with Gasteiger partial charge in [0, 0.05) is 13.0 Å². The molecule has 0 radical (unpaired) electrons. The first-order chi connectivity index (χ1) is 21.1. The van der Waals surface area contributed by atoms with Crippen LogP contribution in [-0.2, 0) is 19.1 Å². The number of nitrogens with one attached hydrogen (secondary N) is 1. The van der Waals surface area contributed by atoms with Gasteiger partial charge in [-0.3, -0.25) is 14.5 Å². The van der Waals surface area contributed by atoms with Crippen LogP contribution in [0.3, 0.4) is 0 Å². The number of carbonyl (C=O) groups is 2. The molecule has 45 heavy (non-hydrogen) atoms. The molecule has 0 aromatic heterocycles. The van der Waals surface area contributed by atoms with Crippen molar-refractivity contribution < 1.29 is 29.3 Å². The van der Waals surface area contributed by atoms with Gasteiger partial charge in [-0.15, -0.1) is 35.8 Å². The Kier molecular flexibility index (Phi) is 22.7. The number of aliphatic hydroxyl groups is 2. The summed E-state index contributed by atoms with van der Waals surface area (Å²) in [5.74, 6) is -0.119. The summed E-state index contributed by atoms with van der Waals surface area (Å²) in [6, 6.07) is -1.01. The normalized spacial score (nSPS) is 28.3. The van der Waals surface area contributed by atoms with Gasteiger partial charge in [0.05, 0.1) is 17.5 Å². The van der Waals surface area contributed by atoms with Crippen molar-refractivity contribution in [2.45, 2.75) is 177 Å². The first-order valence-electron chi connectivity index (χ1n) is 17.5. The van der Waals surface area contributed by atoms with Gasteiger partial charge in [-0.1, -0.05) is 97.3 Å². The van der Waals surface area contributed by atoms with E-state index in [0.717, 1.165) is 38.6 Å². The van der Waals surface area contributed by atoms with Crippen molar-refractivity contribution in [1.82, 2.24) is 10.2 Å². The Bertz CT molecular complexity index is 813. The van der Waals surface area contributed by atoms with Crippen molar-refractivity contribution in [1.29, 1.82) is 0 Å². The molecule has 11 heteroatoms. The standard InChI is InChI=1S/C34H63ClN2O6S.ClH/c1-6-8-9-10-11-12-13-14-15-16-17-18-19-21-27(38)42-32-29(39)31(43-34(44-5)30(32)40)28(24(3)35)36-33(41)26-22-25(20-7-2)23-37(26)4;/h24-26,28-32,34,39-40H,6-23H2,1-5H3,(H,36,41);1H/t24-,25+,26?,28+,29-,30+,31+,32-,34+;/m0./s1. The van der Waals surface area contributed by atoms with Crippen LogP contribution in [0.2, 0.25) is 0 Å². The molecule has 2 aliphatic rings. The summed E-state index contributed by atoms with van der Waals surface area (Å²) in [7, 11) is 1.96. The van der Waals surface area contributed by atoms with Gasteiger partial charge < -0.3 is 25.0 Å². The van der Waals surface area contributed by atoms with Gasteiger partial charge in [0.15, 0.2) is 6.10 Å². The van der Waals surface area contributed by atoms with E-state index in [2.05, 4.69) is 24.1 Å². The summed E-state index contributed by atoms with van der Waals surface area (Å²) in [5, 5.41) is 24.7. The van der Waals surface area contributed by atoms with Crippen LogP contribution < -0.4 is 5.32 Å². The van der Waals surface area contributed by atoms with Crippen LogP contribution >= 0.6 is 35.8 Å². The third-order valence-corrected chi connectivity index (χ3v) is 10.5. The molecule has 1 unspecified atom stereocenters. The fraction of sp³-hybridized carbons (Fsp3) is 0.941. The summed E-state index contributed by atoms with van der Waals surface area (Å²) in [4.78, 5) is 28.2. The minimum Gasteiger partial charge on any atom is -0.457 e. The highest BCUT2D eigenvalue weighted by Gasteiger charge is 2.50. The van der Waals surface area contributed by atoms with Gasteiger partial charge in [0.1, 0.15) is 23.7 Å². The third kappa shape index (κ3) is 14.8. The van der Waals surface area contributed by atoms with Crippen LogP contribution in [0.25, 0.3) is 0 Å². The lowest BCUT2D eigenvalue weighted by molar-refractivity contribution is -0.220. The van der Waals surface area contributed by atoms with E-state index in [0.29, 0.717) is 12.3 Å². The number of halogens is 2. The lowest BCUT2D eigenvalue weighted by Gasteiger charge is -2.45. The lowest BCUT2D eigenvalue weighted by atomic mass is 9.92. The van der Waals surface area contributed by atoms with E-state index < -0.39 is 47.2 Å². The number of likely N-dealkylation sites (N-methyl/N-ethyl adjacent to an activating group) is 1. The summed E-state index contributed by atoms with van der Waals surface area (Å²) >= 11 is 7.83. The number of aliphatic hydroxyl groups excluding tert-OH is 2. The fourth-order valence-corrected chi connectivity index (χ4v) is 7.62. The van der Waals surface area contributed by atoms with Crippen LogP contribution in [0, 0.1) is 5.92 Å². The molecule has 0 spiro atoms. The Balaban J connectivity index is 0.0000101. The topological polar surface area (TPSA) is 108 Å². The second-order valence-electron chi connectivity index (χ2n) is 13.2. The maximum absolute atomic E-state index is 13.4. The molecule has 266 valence electrons. The molecule has 2 fully saturated rings. The number of esters is 1. The van der Waals surface area contributed by atoms with E-state index in [4.69, 9.17) is 21.1 Å². The minimum absolute atomic E-state index is 0. The molecule has 8 nitrogen and oxygen atoms in total. The van der Waals surface area contributed by atoms with E-state index >= 15 is 0 Å². The predicted molar refractivity (Wildman–Crippen MR) is 188 cm³/mol. The highest BCUT2D eigenvalue weighted by atomic mass is 35.5. The average molecular weight is 700 g/mol. The highest BCUT2D eigenvalue weighted by molar-refractivity contribution is 7.99. The molecule has 9 atom stereocenters. The third-order valence-electron chi connectivity index (χ3n) is 9.36. The van der Waals surface area contributed by atoms with E-state index in [1.807, 2.05) is 7.05 Å². The Morgan fingerprint density at radius 1 is 0.956 bits per heavy atom. The monoisotopic (exact) mass is 698 g/mol. The molecule has 2 saturated heterocycles. The Labute approximate surface area is 289 Å². The number of ether oxygens (including phenoxy) is 2. The number of carbonyl (C=O) groups excluding carboxylic acids is 2. The number of likely N-dealkylation sites (tertiary alicyclic amines) is 1. The molecule has 3 N–H and O–H groups in total. The van der Waals surface area contributed by atoms with E-state index in [1.54, 1.807) is 13.2 Å². The second kappa shape index (κ2) is 23.9. The predicted octanol–water partition coefficient (Wildman–Crippen LogP) is 6.84. The Morgan fingerprint density at radius 3 is 2.02 bits per heavy atom. The average Bonchev–Trinajstić information content (AvgIpc) is 3.36. The van der Waals surface area contributed by atoms with Crippen LogP contribution in [0.5, 0.6) is 0 Å². The van der Waals surface area contributed by atoms with Crippen molar-refractivity contribution in [2.24, 2.45) is 5.92 Å². The van der Waals surface area contributed by atoms with Crippen LogP contribution in [0.4, 0.5) is 0 Å². The molecule has 0 aromatic rings. The zero-order valence-corrected chi connectivity index (χ0v) is 31.0. The molecule has 0 bridgehead atoms. The number of rotatable bonds is 22. The number of hydrogen-bond donors (Lipinski definition) is 3. The maximum Gasteiger partial charge on any atom is 0.306 e. The van der Waals surface area contributed by atoms with Gasteiger partial charge in [0.2, 0.25) is 5.91 Å². The maximum atomic E-state index is 13.4. The molecule has 0 aromatic carbocycles. The molecule has 1 amide bonds. The summed E-state index contributed by atoms with van der Waals surface area (Å²) in [6.45, 7) is 7.02. The first kappa shape index (κ1) is 42.7. The number of alkyl halides is 1. The minimum atomic E-state index is -1.34. The molecular formula is C34H64Cl2N2O6S. The largest absolute Gasteiger partial charge is 0.457 e. The van der Waals surface area contributed by atoms with Gasteiger partial charge >= 0.3 is 5.97 Å². The zero-order valence-electron chi connectivity index (χ0n) is 28.6. The van der Waals surface area contributed by atoms with Gasteiger partial charge in [-0.25, -0.2) is 0 Å². The summed E-state index contributed by atoms with van der Waals surface area (Å²) < 4.78 is 11.8. The van der Waals surface area contributed by atoms with Crippen molar-refractivity contribution in [3.63, 3.8) is 0 Å². The lowest BCUT2D eigenvalue weighted by Crippen LogP contribution is -2.65. The molecular weight excluding hydrogens is 635 g/mol. The highest BCUT2D eigenvalue weighted by Crippen LogP contribution is 2.33. The Morgan fingerprint density at radius 2 is 1.51 bits per heavy atom. The number of thioether (sulfide) groups is 1. The Hall–Kier alpha value is -0.290. The van der Waals surface area contributed by atoms with E-state index in [1.165, 1.54) is 76.0 Å². The molecule has 2 heterocycles. The van der Waals surface area contributed by atoms with Crippen molar-refractivity contribution in [3.8, 4) is 0 Å². The van der Waals surface area contributed by atoms with Crippen molar-refractivity contribution in [3.05, 3.63) is 0 Å². The molecule has 0 saturated carbocycles. The number of nitrogens with zero attached hydrogens (tertiary/aromatic N) is 1. The molecule has 2 aliphatic heterocycles. The van der Waals surface area contributed by atoms with Crippen molar-refractivity contribution >= 4 is 47.6 Å². The quantitative estimate of drug-likeness (QED) is 0.0641. The van der Waals surface area contributed by atoms with Crippen molar-refractivity contribution in [2.75, 3.05) is 19.8 Å². The summed E-state index contributed by atoms with van der Waals surface area (Å²) in [5.41, 5.74) is -0.740. The van der Waals surface area contributed by atoms with E-state index in [-0.39, 0.29) is 30.8 Å². The molecule has 2 rings (SSSR count). The molecule has 0 aliphatic carbocycles. The smallest absolute Gasteiger partial charge is 0.306 e. The van der Waals surface area contributed by atoms with Crippen LogP contribution in [0.1, 0.15) is 130 Å². The number of unbranched alkanes of at least 4 members (excludes halogenated alkanes) is 12. The second-order valence-corrected chi connectivity index (χ2v) is 14.8. The summed E-state index contributed by atoms with van der Waals surface area (Å²) in [6.07, 6.45) is 16.2. The SMILES string of the molecule is CCCCCCCCCCCCCCCC(=O)O[C@H]1[C@@H](O)[C@@H]([C@H](NC(=O)C2C[C@@H](CCC)CN2C)[C@H](C)Cl)O[C@H](SC)[C@@H]1O.Cl. The first-order valence-corrected chi connectivity index (χ1v) is 19.2. The van der Waals surface area contributed by atoms with E-state index in [9.17, 15) is 19.8 Å². The van der Waals surface area contributed by atoms with Gasteiger partial charge in [-0.05, 0) is 45.4 Å². The van der Waals surface area contributed by atoms with Gasteiger partial charge in [0.25, 0.3) is 0 Å². The zero-order chi connectivity index (χ0) is 32.5. The number of amides is 1. The van der Waals surface area contributed by atoms with Gasteiger partial charge in [-0.2, -0.15) is 0 Å². The van der Waals surface area contributed by atoms with Crippen LogP contribution in [-0.4, -0.2) is 94.2 Å². The number of hydrogen-bond acceptors (Lipinski definition) is 8.